The highest BCUT2D eigenvalue weighted by Gasteiger charge is 2.20. The summed E-state index contributed by atoms with van der Waals surface area (Å²) in [6.07, 6.45) is 0. The van der Waals surface area contributed by atoms with Crippen LogP contribution in [0.2, 0.25) is 5.15 Å². The van der Waals surface area contributed by atoms with E-state index in [0.29, 0.717) is 10.4 Å². The van der Waals surface area contributed by atoms with Crippen molar-refractivity contribution in [2.24, 2.45) is 0 Å². The lowest BCUT2D eigenvalue weighted by atomic mass is 10.1. The van der Waals surface area contributed by atoms with E-state index in [1.165, 1.54) is 16.5 Å². The van der Waals surface area contributed by atoms with Gasteiger partial charge in [-0.05, 0) is 0 Å². The molecule has 0 radical (unpaired) electrons. The Morgan fingerprint density at radius 1 is 1.50 bits per heavy atom. The van der Waals surface area contributed by atoms with Crippen molar-refractivity contribution in [3.63, 3.8) is 0 Å². The van der Waals surface area contributed by atoms with Crippen LogP contribution in [0.15, 0.2) is 29.8 Å². The number of nitro benzene ring substituents is 1. The van der Waals surface area contributed by atoms with Crippen LogP contribution in [-0.4, -0.2) is 27.8 Å². The lowest BCUT2D eigenvalue weighted by molar-refractivity contribution is -0.385. The third-order valence-electron chi connectivity index (χ3n) is 2.66. The van der Waals surface area contributed by atoms with Crippen LogP contribution in [0.1, 0.15) is 15.2 Å². The molecule has 2 aromatic rings. The number of nitro groups is 1. The molecule has 0 atom stereocenters. The molecule has 8 heteroatoms. The molecule has 20 heavy (non-hydrogen) atoms. The molecule has 1 aromatic heterocycles. The van der Waals surface area contributed by atoms with Gasteiger partial charge in [-0.25, -0.2) is 4.98 Å². The Morgan fingerprint density at radius 2 is 2.20 bits per heavy atom. The molecule has 0 aliphatic carbocycles. The first-order valence-corrected chi connectivity index (χ1v) is 6.83. The molecule has 1 aromatic carbocycles. The average molecular weight is 312 g/mol. The molecule has 2 rings (SSSR count). The van der Waals surface area contributed by atoms with Gasteiger partial charge in [-0.3, -0.25) is 14.9 Å². The largest absolute Gasteiger partial charge is 0.336 e. The lowest BCUT2D eigenvalue weighted by Gasteiger charge is -2.16. The molecular formula is C12H10ClN3O3S. The summed E-state index contributed by atoms with van der Waals surface area (Å²) in [5, 5.41) is 11.1. The van der Waals surface area contributed by atoms with Gasteiger partial charge >= 0.3 is 0 Å². The topological polar surface area (TPSA) is 76.3 Å². The Labute approximate surface area is 123 Å². The van der Waals surface area contributed by atoms with Gasteiger partial charge in [0.15, 0.2) is 5.15 Å². The van der Waals surface area contributed by atoms with E-state index in [1.54, 1.807) is 25.2 Å². The monoisotopic (exact) mass is 311 g/mol. The Morgan fingerprint density at radius 3 is 2.80 bits per heavy atom. The van der Waals surface area contributed by atoms with E-state index in [0.717, 1.165) is 11.3 Å². The molecule has 0 aliphatic heterocycles. The quantitative estimate of drug-likeness (QED) is 0.642. The molecule has 0 spiro atoms. The molecule has 104 valence electrons. The summed E-state index contributed by atoms with van der Waals surface area (Å²) in [7, 11) is 1.56. The first-order chi connectivity index (χ1) is 9.50. The molecule has 0 bridgehead atoms. The number of hydrogen-bond donors (Lipinski definition) is 0. The Bertz CT molecular complexity index is 659. The maximum atomic E-state index is 12.2. The van der Waals surface area contributed by atoms with Crippen molar-refractivity contribution >= 4 is 34.5 Å². The molecule has 0 N–H and O–H groups in total. The third kappa shape index (κ3) is 2.94. The summed E-state index contributed by atoms with van der Waals surface area (Å²) in [4.78, 5) is 28.1. The van der Waals surface area contributed by atoms with Gasteiger partial charge in [-0.1, -0.05) is 29.8 Å². The first kappa shape index (κ1) is 14.4. The summed E-state index contributed by atoms with van der Waals surface area (Å²) in [5.41, 5.74) is 1.94. The van der Waals surface area contributed by atoms with E-state index in [2.05, 4.69) is 4.98 Å². The minimum atomic E-state index is -0.465. The highest BCUT2D eigenvalue weighted by atomic mass is 35.5. The zero-order valence-electron chi connectivity index (χ0n) is 10.4. The standard InChI is InChI=1S/C12H10ClN3O3S/c1-15(12(17)10-11(13)14-7-20-10)6-8-4-2-3-5-9(8)16(18)19/h2-5,7H,6H2,1H3. The zero-order valence-corrected chi connectivity index (χ0v) is 12.0. The molecule has 0 saturated heterocycles. The summed E-state index contributed by atoms with van der Waals surface area (Å²) in [6.45, 7) is 0.129. The van der Waals surface area contributed by atoms with Gasteiger partial charge < -0.3 is 4.90 Å². The molecule has 1 amide bonds. The van der Waals surface area contributed by atoms with E-state index in [-0.39, 0.29) is 23.3 Å². The molecule has 0 fully saturated rings. The van der Waals surface area contributed by atoms with E-state index < -0.39 is 4.92 Å². The van der Waals surface area contributed by atoms with Crippen LogP contribution in [0.5, 0.6) is 0 Å². The minimum absolute atomic E-state index is 0.0115. The summed E-state index contributed by atoms with van der Waals surface area (Å²) < 4.78 is 0. The number of hydrogen-bond acceptors (Lipinski definition) is 5. The maximum absolute atomic E-state index is 12.2. The smallest absolute Gasteiger partial charge is 0.274 e. The average Bonchev–Trinajstić information content (AvgIpc) is 2.84. The van der Waals surface area contributed by atoms with Crippen LogP contribution in [0.4, 0.5) is 5.69 Å². The number of amides is 1. The van der Waals surface area contributed by atoms with Crippen LogP contribution in [0.3, 0.4) is 0 Å². The number of thiazole rings is 1. The van der Waals surface area contributed by atoms with E-state index >= 15 is 0 Å². The number of para-hydroxylation sites is 1. The van der Waals surface area contributed by atoms with Crippen molar-refractivity contribution < 1.29 is 9.72 Å². The fraction of sp³-hybridized carbons (Fsp3) is 0.167. The highest BCUT2D eigenvalue weighted by Crippen LogP contribution is 2.23. The number of aromatic nitrogens is 1. The zero-order chi connectivity index (χ0) is 14.7. The van der Waals surface area contributed by atoms with Gasteiger partial charge in [0.2, 0.25) is 0 Å². The fourth-order valence-electron chi connectivity index (χ4n) is 1.69. The second-order valence-corrected chi connectivity index (χ2v) is 5.23. The second-order valence-electron chi connectivity index (χ2n) is 4.02. The lowest BCUT2D eigenvalue weighted by Crippen LogP contribution is -2.26. The van der Waals surface area contributed by atoms with E-state index in [9.17, 15) is 14.9 Å². The van der Waals surface area contributed by atoms with Gasteiger partial charge in [-0.2, -0.15) is 0 Å². The number of rotatable bonds is 4. The van der Waals surface area contributed by atoms with Crippen LogP contribution in [0, 0.1) is 10.1 Å². The Balaban J connectivity index is 2.20. The minimum Gasteiger partial charge on any atom is -0.336 e. The second kappa shape index (κ2) is 5.98. The van der Waals surface area contributed by atoms with E-state index in [4.69, 9.17) is 11.6 Å². The SMILES string of the molecule is CN(Cc1ccccc1[N+](=O)[O-])C(=O)c1scnc1Cl. The summed E-state index contributed by atoms with van der Waals surface area (Å²) in [6, 6.07) is 6.31. The van der Waals surface area contributed by atoms with Crippen LogP contribution < -0.4 is 0 Å². The van der Waals surface area contributed by atoms with Crippen molar-refractivity contribution in [2.45, 2.75) is 6.54 Å². The van der Waals surface area contributed by atoms with Crippen molar-refractivity contribution in [1.29, 1.82) is 0 Å². The number of nitrogens with zero attached hydrogens (tertiary/aromatic N) is 3. The predicted molar refractivity (Wildman–Crippen MR) is 76.0 cm³/mol. The molecule has 0 saturated carbocycles. The number of benzene rings is 1. The van der Waals surface area contributed by atoms with Gasteiger partial charge in [0.05, 0.1) is 17.0 Å². The molecule has 0 aliphatic rings. The fourth-order valence-corrected chi connectivity index (χ4v) is 2.69. The van der Waals surface area contributed by atoms with Crippen LogP contribution >= 0.6 is 22.9 Å². The van der Waals surface area contributed by atoms with Gasteiger partial charge in [0.25, 0.3) is 11.6 Å². The first-order valence-electron chi connectivity index (χ1n) is 5.57. The number of carbonyl (C=O) groups is 1. The van der Waals surface area contributed by atoms with Crippen molar-refractivity contribution in [2.75, 3.05) is 7.05 Å². The van der Waals surface area contributed by atoms with Crippen LogP contribution in [0.25, 0.3) is 0 Å². The normalized spacial score (nSPS) is 10.3. The Hall–Kier alpha value is -1.99. The number of carbonyl (C=O) groups excluding carboxylic acids is 1. The summed E-state index contributed by atoms with van der Waals surface area (Å²) in [5.74, 6) is -0.310. The predicted octanol–water partition coefficient (Wildman–Crippen LogP) is 2.98. The van der Waals surface area contributed by atoms with Crippen molar-refractivity contribution in [3.8, 4) is 0 Å². The Kier molecular flexibility index (Phi) is 4.31. The van der Waals surface area contributed by atoms with E-state index in [1.807, 2.05) is 0 Å². The molecular weight excluding hydrogens is 302 g/mol. The van der Waals surface area contributed by atoms with Crippen LogP contribution in [-0.2, 0) is 6.54 Å². The molecule has 0 unspecified atom stereocenters. The molecule has 6 nitrogen and oxygen atoms in total. The maximum Gasteiger partial charge on any atom is 0.274 e. The number of halogens is 1. The van der Waals surface area contributed by atoms with Gasteiger partial charge in [-0.15, -0.1) is 11.3 Å². The highest BCUT2D eigenvalue weighted by molar-refractivity contribution is 7.12. The third-order valence-corrected chi connectivity index (χ3v) is 3.87. The van der Waals surface area contributed by atoms with Crippen molar-refractivity contribution in [1.82, 2.24) is 9.88 Å². The van der Waals surface area contributed by atoms with Gasteiger partial charge in [0.1, 0.15) is 4.88 Å². The van der Waals surface area contributed by atoms with Gasteiger partial charge in [0, 0.05) is 18.7 Å². The van der Waals surface area contributed by atoms with Crippen molar-refractivity contribution in [3.05, 3.63) is 55.5 Å². The summed E-state index contributed by atoms with van der Waals surface area (Å²) >= 11 is 6.95. The molecule has 1 heterocycles.